The van der Waals surface area contributed by atoms with Gasteiger partial charge < -0.3 is 9.90 Å². The molecule has 0 heterocycles. The number of phenols is 1. The Labute approximate surface area is 92.5 Å². The van der Waals surface area contributed by atoms with Crippen LogP contribution in [0.15, 0.2) is 29.2 Å². The number of Topliss-reactive ketones (excluding diaryl/α,β-unsaturated/α-hetero) is 1. The second-order valence-electron chi connectivity index (χ2n) is 3.03. The highest BCUT2D eigenvalue weighted by atomic mass is 32.2. The number of thioether (sulfide) groups is 1. The number of carbonyl (C=O) groups excluding carboxylic acids is 2. The molecule has 1 N–H and O–H groups in total. The summed E-state index contributed by atoms with van der Waals surface area (Å²) in [7, 11) is 0. The molecule has 1 aromatic rings. The minimum atomic E-state index is 0.0696. The molecule has 0 atom stereocenters. The van der Waals surface area contributed by atoms with Crippen molar-refractivity contribution in [3.8, 4) is 5.75 Å². The van der Waals surface area contributed by atoms with Crippen molar-refractivity contribution in [2.24, 2.45) is 0 Å². The summed E-state index contributed by atoms with van der Waals surface area (Å²) < 4.78 is 0. The highest BCUT2D eigenvalue weighted by Gasteiger charge is 2.02. The van der Waals surface area contributed by atoms with E-state index in [2.05, 4.69) is 0 Å². The smallest absolute Gasteiger partial charge is 0.143 e. The molecule has 0 aliphatic heterocycles. The average Bonchev–Trinajstić information content (AvgIpc) is 2.25. The number of hydrogen-bond acceptors (Lipinski definition) is 4. The van der Waals surface area contributed by atoms with Gasteiger partial charge in [0.05, 0.1) is 5.75 Å². The summed E-state index contributed by atoms with van der Waals surface area (Å²) in [5, 5.41) is 9.04. The molecule has 0 radical (unpaired) electrons. The minimum Gasteiger partial charge on any atom is -0.508 e. The van der Waals surface area contributed by atoms with Crippen LogP contribution in [-0.4, -0.2) is 22.9 Å². The van der Waals surface area contributed by atoms with Crippen LogP contribution >= 0.6 is 11.8 Å². The highest BCUT2D eigenvalue weighted by Crippen LogP contribution is 2.20. The second-order valence-corrected chi connectivity index (χ2v) is 4.08. The molecule has 1 aromatic carbocycles. The summed E-state index contributed by atoms with van der Waals surface area (Å²) in [6.45, 7) is 0. The molecule has 0 bridgehead atoms. The Balaban J connectivity index is 2.33. The molecule has 0 saturated carbocycles. The summed E-state index contributed by atoms with van der Waals surface area (Å²) in [5.41, 5.74) is 0. The monoisotopic (exact) mass is 224 g/mol. The van der Waals surface area contributed by atoms with Crippen molar-refractivity contribution < 1.29 is 14.7 Å². The van der Waals surface area contributed by atoms with Gasteiger partial charge in [0, 0.05) is 17.7 Å². The lowest BCUT2D eigenvalue weighted by molar-refractivity contribution is -0.118. The van der Waals surface area contributed by atoms with Gasteiger partial charge in [-0.2, -0.15) is 0 Å². The lowest BCUT2D eigenvalue weighted by Gasteiger charge is -2.00. The molecule has 80 valence electrons. The number of ketones is 1. The fourth-order valence-corrected chi connectivity index (χ4v) is 1.80. The number of aromatic hydroxyl groups is 1. The van der Waals surface area contributed by atoms with Crippen LogP contribution in [0.4, 0.5) is 0 Å². The minimum absolute atomic E-state index is 0.0696. The zero-order valence-corrected chi connectivity index (χ0v) is 9.00. The van der Waals surface area contributed by atoms with E-state index in [1.807, 2.05) is 0 Å². The Morgan fingerprint density at radius 2 is 2.00 bits per heavy atom. The van der Waals surface area contributed by atoms with Gasteiger partial charge in [-0.3, -0.25) is 4.79 Å². The molecule has 0 aliphatic rings. The van der Waals surface area contributed by atoms with E-state index in [1.165, 1.54) is 11.8 Å². The number of carbonyl (C=O) groups is 2. The first kappa shape index (κ1) is 11.8. The van der Waals surface area contributed by atoms with Gasteiger partial charge in [-0.15, -0.1) is 11.8 Å². The molecule has 0 amide bonds. The molecular weight excluding hydrogens is 212 g/mol. The van der Waals surface area contributed by atoms with E-state index in [0.29, 0.717) is 18.6 Å². The topological polar surface area (TPSA) is 54.4 Å². The second kappa shape index (κ2) is 6.24. The first-order valence-corrected chi connectivity index (χ1v) is 5.58. The zero-order valence-electron chi connectivity index (χ0n) is 8.18. The Hall–Kier alpha value is -1.29. The third kappa shape index (κ3) is 4.65. The molecule has 0 aliphatic carbocycles. The van der Waals surface area contributed by atoms with Gasteiger partial charge in [0.1, 0.15) is 17.8 Å². The van der Waals surface area contributed by atoms with Crippen LogP contribution in [0.2, 0.25) is 0 Å². The van der Waals surface area contributed by atoms with Gasteiger partial charge >= 0.3 is 0 Å². The van der Waals surface area contributed by atoms with E-state index in [9.17, 15) is 9.59 Å². The van der Waals surface area contributed by atoms with Crippen molar-refractivity contribution in [3.05, 3.63) is 24.3 Å². The van der Waals surface area contributed by atoms with Crippen molar-refractivity contribution in [2.45, 2.75) is 17.7 Å². The maximum absolute atomic E-state index is 11.2. The van der Waals surface area contributed by atoms with Crippen LogP contribution in [0.25, 0.3) is 0 Å². The molecule has 1 rings (SSSR count). The Bertz CT molecular complexity index is 332. The number of phenolic OH excluding ortho intramolecular Hbond substituents is 1. The molecule has 0 saturated heterocycles. The van der Waals surface area contributed by atoms with Gasteiger partial charge in [0.15, 0.2) is 0 Å². The quantitative estimate of drug-likeness (QED) is 0.593. The molecule has 0 fully saturated rings. The first-order valence-electron chi connectivity index (χ1n) is 4.59. The van der Waals surface area contributed by atoms with Gasteiger partial charge in [0.2, 0.25) is 0 Å². The number of hydrogen-bond donors (Lipinski definition) is 1. The predicted molar refractivity (Wildman–Crippen MR) is 59.1 cm³/mol. The van der Waals surface area contributed by atoms with Crippen molar-refractivity contribution in [3.63, 3.8) is 0 Å². The van der Waals surface area contributed by atoms with E-state index in [0.717, 1.165) is 11.2 Å². The molecular formula is C11H12O3S. The Morgan fingerprint density at radius 1 is 1.33 bits per heavy atom. The lowest BCUT2D eigenvalue weighted by Crippen LogP contribution is -2.00. The fourth-order valence-electron chi connectivity index (χ4n) is 0.998. The van der Waals surface area contributed by atoms with Gasteiger partial charge in [-0.05, 0) is 24.3 Å². The van der Waals surface area contributed by atoms with Gasteiger partial charge in [-0.25, -0.2) is 0 Å². The highest BCUT2D eigenvalue weighted by molar-refractivity contribution is 8.00. The number of aldehydes is 1. The van der Waals surface area contributed by atoms with Crippen molar-refractivity contribution in [2.75, 3.05) is 5.75 Å². The normalized spacial score (nSPS) is 9.87. The van der Waals surface area contributed by atoms with E-state index < -0.39 is 0 Å². The lowest BCUT2D eigenvalue weighted by atomic mass is 10.2. The largest absolute Gasteiger partial charge is 0.508 e. The maximum Gasteiger partial charge on any atom is 0.143 e. The van der Waals surface area contributed by atoms with Crippen molar-refractivity contribution >= 4 is 23.8 Å². The first-order chi connectivity index (χ1) is 7.22. The summed E-state index contributed by atoms with van der Waals surface area (Å²) in [4.78, 5) is 22.2. The summed E-state index contributed by atoms with van der Waals surface area (Å²) in [5.74, 6) is 0.658. The predicted octanol–water partition coefficient (Wildman–Crippen LogP) is 2.03. The fraction of sp³-hybridized carbons (Fsp3) is 0.273. The number of benzene rings is 1. The third-order valence-electron chi connectivity index (χ3n) is 1.78. The van der Waals surface area contributed by atoms with Crippen LogP contribution in [0.1, 0.15) is 12.8 Å². The Morgan fingerprint density at radius 3 is 2.60 bits per heavy atom. The SMILES string of the molecule is O=CCCC(=O)CSc1ccc(O)cc1. The van der Waals surface area contributed by atoms with Crippen LogP contribution in [-0.2, 0) is 9.59 Å². The number of rotatable bonds is 6. The summed E-state index contributed by atoms with van der Waals surface area (Å²) >= 11 is 1.41. The molecule has 0 aromatic heterocycles. The van der Waals surface area contributed by atoms with Crippen molar-refractivity contribution in [1.29, 1.82) is 0 Å². The standard InChI is InChI=1S/C11H12O3S/c12-7-1-2-10(14)8-15-11-5-3-9(13)4-6-11/h3-7,13H,1-2,8H2. The zero-order chi connectivity index (χ0) is 11.1. The Kier molecular flexibility index (Phi) is 4.90. The van der Waals surface area contributed by atoms with Crippen LogP contribution in [0.5, 0.6) is 5.75 Å². The summed E-state index contributed by atoms with van der Waals surface area (Å²) in [6, 6.07) is 6.68. The molecule has 3 nitrogen and oxygen atoms in total. The molecule has 4 heteroatoms. The third-order valence-corrected chi connectivity index (χ3v) is 2.85. The summed E-state index contributed by atoms with van der Waals surface area (Å²) in [6.07, 6.45) is 1.37. The van der Waals surface area contributed by atoms with E-state index >= 15 is 0 Å². The molecule has 0 spiro atoms. The van der Waals surface area contributed by atoms with Gasteiger partial charge in [-0.1, -0.05) is 0 Å². The maximum atomic E-state index is 11.2. The van der Waals surface area contributed by atoms with Crippen LogP contribution < -0.4 is 0 Å². The van der Waals surface area contributed by atoms with Crippen molar-refractivity contribution in [1.82, 2.24) is 0 Å². The van der Waals surface area contributed by atoms with Crippen LogP contribution in [0.3, 0.4) is 0 Å². The van der Waals surface area contributed by atoms with E-state index in [1.54, 1.807) is 24.3 Å². The molecule has 0 unspecified atom stereocenters. The average molecular weight is 224 g/mol. The molecule has 15 heavy (non-hydrogen) atoms. The van der Waals surface area contributed by atoms with Gasteiger partial charge in [0.25, 0.3) is 0 Å². The van der Waals surface area contributed by atoms with E-state index in [4.69, 9.17) is 5.11 Å². The van der Waals surface area contributed by atoms with Crippen LogP contribution in [0, 0.1) is 0 Å². The van der Waals surface area contributed by atoms with E-state index in [-0.39, 0.29) is 11.5 Å².